The third kappa shape index (κ3) is 4.41. The summed E-state index contributed by atoms with van der Waals surface area (Å²) in [6.07, 6.45) is 5.34. The van der Waals surface area contributed by atoms with Gasteiger partial charge in [0.1, 0.15) is 11.4 Å². The number of nitrogens with two attached hydrogens (primary N) is 1. The lowest BCUT2D eigenvalue weighted by atomic mass is 9.69. The fraction of sp³-hybridized carbons (Fsp3) is 0.632. The zero-order chi connectivity index (χ0) is 17.8. The first kappa shape index (κ1) is 18.6. The van der Waals surface area contributed by atoms with Gasteiger partial charge in [-0.2, -0.15) is 0 Å². The van der Waals surface area contributed by atoms with Crippen molar-refractivity contribution in [3.8, 4) is 5.75 Å². The van der Waals surface area contributed by atoms with E-state index in [0.717, 1.165) is 18.4 Å². The number of nitrogens with one attached hydrogen (secondary N) is 1. The minimum absolute atomic E-state index is 0.00508. The Bertz CT molecular complexity index is 572. The Morgan fingerprint density at radius 3 is 2.46 bits per heavy atom. The molecular formula is C19H30N2O3. The maximum absolute atomic E-state index is 12.1. The highest BCUT2D eigenvalue weighted by molar-refractivity contribution is 5.87. The van der Waals surface area contributed by atoms with Gasteiger partial charge in [0.15, 0.2) is 0 Å². The van der Waals surface area contributed by atoms with Gasteiger partial charge in [-0.1, -0.05) is 25.3 Å². The van der Waals surface area contributed by atoms with Crippen LogP contribution >= 0.6 is 0 Å². The fourth-order valence-electron chi connectivity index (χ4n) is 3.39. The van der Waals surface area contributed by atoms with Crippen LogP contribution in [0.4, 0.5) is 10.5 Å². The van der Waals surface area contributed by atoms with Crippen LogP contribution in [0.3, 0.4) is 0 Å². The predicted molar refractivity (Wildman–Crippen MR) is 96.7 cm³/mol. The average Bonchev–Trinajstić information content (AvgIpc) is 2.53. The van der Waals surface area contributed by atoms with Crippen LogP contribution in [0.15, 0.2) is 18.2 Å². The summed E-state index contributed by atoms with van der Waals surface area (Å²) in [7, 11) is 1.59. The molecule has 0 aromatic heterocycles. The monoisotopic (exact) mass is 334 g/mol. The van der Waals surface area contributed by atoms with Crippen molar-refractivity contribution in [1.82, 2.24) is 0 Å². The molecule has 0 bridgehead atoms. The van der Waals surface area contributed by atoms with Crippen LogP contribution in [0.25, 0.3) is 0 Å². The van der Waals surface area contributed by atoms with E-state index >= 15 is 0 Å². The van der Waals surface area contributed by atoms with Crippen LogP contribution in [-0.2, 0) is 10.2 Å². The molecule has 1 saturated carbocycles. The van der Waals surface area contributed by atoms with Crippen LogP contribution in [0.1, 0.15) is 58.4 Å². The molecule has 0 aliphatic heterocycles. The zero-order valence-electron chi connectivity index (χ0n) is 15.3. The molecule has 0 unspecified atom stereocenters. The summed E-state index contributed by atoms with van der Waals surface area (Å²) in [5.74, 6) is 0.618. The molecule has 1 aromatic carbocycles. The Hall–Kier alpha value is -1.75. The second kappa shape index (κ2) is 7.43. The number of hydrogen-bond acceptors (Lipinski definition) is 4. The van der Waals surface area contributed by atoms with Crippen molar-refractivity contribution in [2.75, 3.05) is 19.0 Å². The Morgan fingerprint density at radius 2 is 1.92 bits per heavy atom. The molecule has 0 radical (unpaired) electrons. The Kier molecular flexibility index (Phi) is 5.75. The smallest absolute Gasteiger partial charge is 0.412 e. The highest BCUT2D eigenvalue weighted by Gasteiger charge is 2.33. The maximum Gasteiger partial charge on any atom is 0.412 e. The normalized spacial score (nSPS) is 17.2. The van der Waals surface area contributed by atoms with Gasteiger partial charge in [-0.25, -0.2) is 4.79 Å². The SMILES string of the molecule is COc1ccc(C2(CN)CCCCC2)cc1NC(=O)OC(C)(C)C. The van der Waals surface area contributed by atoms with Crippen molar-refractivity contribution >= 4 is 11.8 Å². The number of amides is 1. The summed E-state index contributed by atoms with van der Waals surface area (Å²) >= 11 is 0. The maximum atomic E-state index is 12.1. The lowest BCUT2D eigenvalue weighted by molar-refractivity contribution is 0.0635. The summed E-state index contributed by atoms with van der Waals surface area (Å²) < 4.78 is 10.7. The minimum Gasteiger partial charge on any atom is -0.495 e. The van der Waals surface area contributed by atoms with E-state index < -0.39 is 11.7 Å². The van der Waals surface area contributed by atoms with E-state index in [9.17, 15) is 4.79 Å². The zero-order valence-corrected chi connectivity index (χ0v) is 15.3. The molecule has 1 aliphatic carbocycles. The third-order valence-corrected chi connectivity index (χ3v) is 4.65. The van der Waals surface area contributed by atoms with Crippen molar-refractivity contribution in [1.29, 1.82) is 0 Å². The van der Waals surface area contributed by atoms with Gasteiger partial charge in [0.2, 0.25) is 0 Å². The van der Waals surface area contributed by atoms with Gasteiger partial charge in [0.25, 0.3) is 0 Å². The summed E-state index contributed by atoms with van der Waals surface area (Å²) in [4.78, 5) is 12.1. The molecule has 134 valence electrons. The largest absolute Gasteiger partial charge is 0.495 e. The quantitative estimate of drug-likeness (QED) is 0.865. The predicted octanol–water partition coefficient (Wildman–Crippen LogP) is 4.20. The second-order valence-electron chi connectivity index (χ2n) is 7.59. The van der Waals surface area contributed by atoms with Crippen LogP contribution in [0, 0.1) is 0 Å². The highest BCUT2D eigenvalue weighted by Crippen LogP contribution is 2.41. The van der Waals surface area contributed by atoms with Crippen LogP contribution in [0.2, 0.25) is 0 Å². The molecule has 0 heterocycles. The first-order chi connectivity index (χ1) is 11.3. The number of carbonyl (C=O) groups is 1. The van der Waals surface area contributed by atoms with Crippen molar-refractivity contribution < 1.29 is 14.3 Å². The number of benzene rings is 1. The molecule has 0 spiro atoms. The number of rotatable bonds is 4. The van der Waals surface area contributed by atoms with Crippen LogP contribution < -0.4 is 15.8 Å². The molecule has 5 nitrogen and oxygen atoms in total. The van der Waals surface area contributed by atoms with E-state index in [1.165, 1.54) is 19.3 Å². The number of anilines is 1. The van der Waals surface area contributed by atoms with Gasteiger partial charge in [0, 0.05) is 12.0 Å². The second-order valence-corrected chi connectivity index (χ2v) is 7.59. The van der Waals surface area contributed by atoms with E-state index in [2.05, 4.69) is 11.4 Å². The highest BCUT2D eigenvalue weighted by atomic mass is 16.6. The molecule has 2 rings (SSSR count). The van der Waals surface area contributed by atoms with E-state index in [1.807, 2.05) is 32.9 Å². The fourth-order valence-corrected chi connectivity index (χ4v) is 3.39. The summed E-state index contributed by atoms with van der Waals surface area (Å²) in [6, 6.07) is 5.95. The molecule has 3 N–H and O–H groups in total. The molecule has 0 atom stereocenters. The summed E-state index contributed by atoms with van der Waals surface area (Å²) in [5, 5.41) is 2.81. The van der Waals surface area contributed by atoms with Crippen molar-refractivity contribution in [2.45, 2.75) is 63.9 Å². The minimum atomic E-state index is -0.545. The van der Waals surface area contributed by atoms with Crippen molar-refractivity contribution in [3.05, 3.63) is 23.8 Å². The van der Waals surface area contributed by atoms with Gasteiger partial charge < -0.3 is 15.2 Å². The number of ether oxygens (including phenoxy) is 2. The van der Waals surface area contributed by atoms with E-state index in [4.69, 9.17) is 15.2 Å². The number of carbonyl (C=O) groups excluding carboxylic acids is 1. The Balaban J connectivity index is 2.28. The molecule has 1 aliphatic rings. The van der Waals surface area contributed by atoms with Crippen LogP contribution in [0.5, 0.6) is 5.75 Å². The third-order valence-electron chi connectivity index (χ3n) is 4.65. The van der Waals surface area contributed by atoms with Gasteiger partial charge in [-0.05, 0) is 51.3 Å². The van der Waals surface area contributed by atoms with Gasteiger partial charge in [-0.15, -0.1) is 0 Å². The molecular weight excluding hydrogens is 304 g/mol. The molecule has 1 fully saturated rings. The topological polar surface area (TPSA) is 73.6 Å². The van der Waals surface area contributed by atoms with E-state index in [0.29, 0.717) is 18.0 Å². The number of hydrogen-bond donors (Lipinski definition) is 2. The molecule has 1 aromatic rings. The Morgan fingerprint density at radius 1 is 1.25 bits per heavy atom. The first-order valence-corrected chi connectivity index (χ1v) is 8.68. The van der Waals surface area contributed by atoms with Crippen molar-refractivity contribution in [3.63, 3.8) is 0 Å². The van der Waals surface area contributed by atoms with E-state index in [-0.39, 0.29) is 5.41 Å². The van der Waals surface area contributed by atoms with Gasteiger partial charge >= 0.3 is 6.09 Å². The molecule has 24 heavy (non-hydrogen) atoms. The van der Waals surface area contributed by atoms with Crippen molar-refractivity contribution in [2.24, 2.45) is 5.73 Å². The average molecular weight is 334 g/mol. The Labute approximate surface area is 144 Å². The summed E-state index contributed by atoms with van der Waals surface area (Å²) in [6.45, 7) is 6.13. The number of methoxy groups -OCH3 is 1. The first-order valence-electron chi connectivity index (χ1n) is 8.68. The van der Waals surface area contributed by atoms with E-state index in [1.54, 1.807) is 7.11 Å². The lowest BCUT2D eigenvalue weighted by Crippen LogP contribution is -2.37. The summed E-state index contributed by atoms with van der Waals surface area (Å²) in [5.41, 5.74) is 7.37. The molecule has 1 amide bonds. The molecule has 0 saturated heterocycles. The standard InChI is InChI=1S/C19H30N2O3/c1-18(2,3)24-17(22)21-15-12-14(8-9-16(15)23-4)19(13-20)10-6-5-7-11-19/h8-9,12H,5-7,10-11,13,20H2,1-4H3,(H,21,22). The molecule has 5 heteroatoms. The van der Waals surface area contributed by atoms with Gasteiger partial charge in [-0.3, -0.25) is 5.32 Å². The van der Waals surface area contributed by atoms with Gasteiger partial charge in [0.05, 0.1) is 12.8 Å². The van der Waals surface area contributed by atoms with Crippen LogP contribution in [-0.4, -0.2) is 25.3 Å². The lowest BCUT2D eigenvalue weighted by Gasteiger charge is -2.37.